The number of rotatable bonds is 5. The van der Waals surface area contributed by atoms with Crippen LogP contribution in [0.15, 0.2) is 120 Å². The molecule has 4 aromatic rings. The Morgan fingerprint density at radius 1 is 0.875 bits per heavy atom. The first-order chi connectivity index (χ1) is 19.7. The predicted octanol–water partition coefficient (Wildman–Crippen LogP) is 9.35. The Balaban J connectivity index is 1.13. The maximum absolute atomic E-state index is 6.17. The van der Waals surface area contributed by atoms with Crippen LogP contribution < -0.4 is 21.3 Å². The largest absolute Gasteiger partial charge is 0.398 e. The van der Waals surface area contributed by atoms with E-state index in [1.54, 1.807) is 0 Å². The number of thioether (sulfide) groups is 1. The molecule has 1 aliphatic carbocycles. The highest BCUT2D eigenvalue weighted by atomic mass is 32.2. The van der Waals surface area contributed by atoms with E-state index in [4.69, 9.17) is 5.73 Å². The zero-order valence-corrected chi connectivity index (χ0v) is 23.3. The second-order valence-electron chi connectivity index (χ2n) is 10.4. The van der Waals surface area contributed by atoms with Gasteiger partial charge in [0.25, 0.3) is 0 Å². The van der Waals surface area contributed by atoms with Crippen LogP contribution in [0.5, 0.6) is 0 Å². The van der Waals surface area contributed by atoms with Crippen molar-refractivity contribution in [3.63, 3.8) is 0 Å². The predicted molar refractivity (Wildman–Crippen MR) is 171 cm³/mol. The summed E-state index contributed by atoms with van der Waals surface area (Å²) in [5.41, 5.74) is 17.9. The molecule has 3 aliphatic rings. The Hall–Kier alpha value is -4.35. The van der Waals surface area contributed by atoms with Gasteiger partial charge < -0.3 is 21.3 Å². The lowest BCUT2D eigenvalue weighted by Gasteiger charge is -2.30. The molecular formula is C35H32N4S. The summed E-state index contributed by atoms with van der Waals surface area (Å²) >= 11 is 1.85. The number of nitrogen functional groups attached to an aromatic ring is 1. The van der Waals surface area contributed by atoms with Crippen molar-refractivity contribution in [3.05, 3.63) is 132 Å². The van der Waals surface area contributed by atoms with Gasteiger partial charge in [-0.1, -0.05) is 84.6 Å². The Labute approximate surface area is 240 Å². The molecule has 2 aliphatic heterocycles. The number of para-hydroxylation sites is 2. The van der Waals surface area contributed by atoms with Crippen LogP contribution in [0.3, 0.4) is 0 Å². The number of nitrogens with one attached hydrogen (secondary N) is 2. The minimum atomic E-state index is 0.0791. The number of fused-ring (bicyclic) bond motifs is 2. The highest BCUT2D eigenvalue weighted by Gasteiger charge is 2.32. The summed E-state index contributed by atoms with van der Waals surface area (Å²) in [6.07, 6.45) is 13.0. The molecule has 0 aromatic heterocycles. The molecule has 0 spiro atoms. The quantitative estimate of drug-likeness (QED) is 0.220. The molecule has 0 amide bonds. The van der Waals surface area contributed by atoms with E-state index in [1.807, 2.05) is 30.8 Å². The minimum Gasteiger partial charge on any atom is -0.398 e. The fourth-order valence-corrected chi connectivity index (χ4v) is 6.93. The Kier molecular flexibility index (Phi) is 6.37. The molecule has 4 nitrogen and oxygen atoms in total. The molecule has 7 rings (SSSR count). The van der Waals surface area contributed by atoms with Gasteiger partial charge in [0.2, 0.25) is 0 Å². The number of hydrogen-bond acceptors (Lipinski definition) is 5. The van der Waals surface area contributed by atoms with Gasteiger partial charge in [-0.05, 0) is 90.1 Å². The molecule has 40 heavy (non-hydrogen) atoms. The molecule has 0 bridgehead atoms. The summed E-state index contributed by atoms with van der Waals surface area (Å²) in [5, 5.41) is 7.66. The van der Waals surface area contributed by atoms with Crippen molar-refractivity contribution in [2.24, 2.45) is 0 Å². The number of allylic oxidation sites excluding steroid dienone is 5. The average molecular weight is 541 g/mol. The van der Waals surface area contributed by atoms with E-state index in [1.165, 1.54) is 49.9 Å². The van der Waals surface area contributed by atoms with Crippen molar-refractivity contribution in [3.8, 4) is 11.1 Å². The van der Waals surface area contributed by atoms with E-state index in [-0.39, 0.29) is 11.5 Å². The van der Waals surface area contributed by atoms with E-state index in [2.05, 4.69) is 119 Å². The highest BCUT2D eigenvalue weighted by molar-refractivity contribution is 8.00. The molecule has 2 unspecified atom stereocenters. The van der Waals surface area contributed by atoms with E-state index in [0.29, 0.717) is 0 Å². The zero-order valence-electron chi connectivity index (χ0n) is 22.5. The van der Waals surface area contributed by atoms with Crippen molar-refractivity contribution < 1.29 is 0 Å². The fourth-order valence-electron chi connectivity index (χ4n) is 5.81. The van der Waals surface area contributed by atoms with Crippen LogP contribution in [0.2, 0.25) is 0 Å². The van der Waals surface area contributed by atoms with Gasteiger partial charge in [-0.3, -0.25) is 0 Å². The van der Waals surface area contributed by atoms with Gasteiger partial charge >= 0.3 is 0 Å². The number of nitrogens with zero attached hydrogens (tertiary/aromatic N) is 1. The average Bonchev–Trinajstić information content (AvgIpc) is 3.60. The molecule has 0 radical (unpaired) electrons. The SMILES string of the molecule is C/C=C\c1cc(C2Nc3cc(-c4ccc(C5Nc6ccccc6N5C5=CC=CCC5)cc4)ccc3S2)ccc1N. The van der Waals surface area contributed by atoms with Gasteiger partial charge in [-0.15, -0.1) is 0 Å². The zero-order chi connectivity index (χ0) is 27.1. The lowest BCUT2D eigenvalue weighted by molar-refractivity contribution is 0.748. The highest BCUT2D eigenvalue weighted by Crippen LogP contribution is 2.48. The first-order valence-electron chi connectivity index (χ1n) is 13.9. The Bertz CT molecular complexity index is 1670. The summed E-state index contributed by atoms with van der Waals surface area (Å²) in [6, 6.07) is 30.7. The van der Waals surface area contributed by atoms with Crippen LogP contribution in [0, 0.1) is 0 Å². The van der Waals surface area contributed by atoms with Gasteiger partial charge in [0.1, 0.15) is 11.5 Å². The Morgan fingerprint density at radius 3 is 2.52 bits per heavy atom. The first kappa shape index (κ1) is 24.7. The van der Waals surface area contributed by atoms with Gasteiger partial charge in [0, 0.05) is 22.0 Å². The second-order valence-corrected chi connectivity index (χ2v) is 11.6. The molecule has 2 atom stereocenters. The fraction of sp³-hybridized carbons (Fsp3) is 0.143. The van der Waals surface area contributed by atoms with Gasteiger partial charge in [-0.25, -0.2) is 0 Å². The van der Waals surface area contributed by atoms with Crippen molar-refractivity contribution in [1.29, 1.82) is 0 Å². The molecule has 2 heterocycles. The van der Waals surface area contributed by atoms with E-state index >= 15 is 0 Å². The molecule has 0 saturated heterocycles. The summed E-state index contributed by atoms with van der Waals surface area (Å²) < 4.78 is 0. The van der Waals surface area contributed by atoms with Crippen LogP contribution in [-0.2, 0) is 0 Å². The van der Waals surface area contributed by atoms with Crippen molar-refractivity contribution >= 4 is 40.6 Å². The number of hydrogen-bond donors (Lipinski definition) is 3. The van der Waals surface area contributed by atoms with Crippen molar-refractivity contribution in [1.82, 2.24) is 0 Å². The van der Waals surface area contributed by atoms with Crippen LogP contribution >= 0.6 is 11.8 Å². The lowest BCUT2D eigenvalue weighted by Crippen LogP contribution is -2.27. The standard InChI is InChI=1S/C35H32N4S/c1-2-8-26-21-27(17-19-29(26)36)35-38-31-22-25(18-20-33(31)40-35)23-13-15-24(16-14-23)34-37-30-11-6-7-12-32(30)39(34)28-9-4-3-5-10-28/h2-4,6-9,11-22,34-35,37-38H,5,10,36H2,1H3/b8-2-. The van der Waals surface area contributed by atoms with Gasteiger partial charge in [-0.2, -0.15) is 0 Å². The van der Waals surface area contributed by atoms with E-state index < -0.39 is 0 Å². The molecule has 4 N–H and O–H groups in total. The second kappa shape index (κ2) is 10.3. The third kappa shape index (κ3) is 4.46. The summed E-state index contributed by atoms with van der Waals surface area (Å²) in [7, 11) is 0. The summed E-state index contributed by atoms with van der Waals surface area (Å²) in [6.45, 7) is 2.02. The number of anilines is 4. The van der Waals surface area contributed by atoms with Crippen LogP contribution in [0.1, 0.15) is 48.0 Å². The van der Waals surface area contributed by atoms with Crippen molar-refractivity contribution in [2.45, 2.75) is 36.2 Å². The maximum Gasteiger partial charge on any atom is 0.130 e. The first-order valence-corrected chi connectivity index (χ1v) is 14.8. The van der Waals surface area contributed by atoms with Gasteiger partial charge in [0.05, 0.1) is 11.4 Å². The third-order valence-electron chi connectivity index (χ3n) is 7.85. The van der Waals surface area contributed by atoms with Crippen LogP contribution in [0.25, 0.3) is 17.2 Å². The topological polar surface area (TPSA) is 53.3 Å². The van der Waals surface area contributed by atoms with E-state index in [9.17, 15) is 0 Å². The van der Waals surface area contributed by atoms with E-state index in [0.717, 1.165) is 24.1 Å². The monoisotopic (exact) mass is 540 g/mol. The molecule has 0 fully saturated rings. The minimum absolute atomic E-state index is 0.0791. The molecular weight excluding hydrogens is 508 g/mol. The lowest BCUT2D eigenvalue weighted by atomic mass is 10.0. The van der Waals surface area contributed by atoms with Gasteiger partial charge in [0.15, 0.2) is 0 Å². The van der Waals surface area contributed by atoms with Crippen molar-refractivity contribution in [2.75, 3.05) is 21.3 Å². The number of nitrogens with two attached hydrogens (primary N) is 1. The Morgan fingerprint density at radius 2 is 1.70 bits per heavy atom. The number of benzene rings is 4. The molecule has 0 saturated carbocycles. The third-order valence-corrected chi connectivity index (χ3v) is 9.08. The van der Waals surface area contributed by atoms with Crippen LogP contribution in [0.4, 0.5) is 22.7 Å². The molecule has 198 valence electrons. The smallest absolute Gasteiger partial charge is 0.130 e. The normalized spacial score (nSPS) is 19.2. The molecule has 5 heteroatoms. The molecule has 4 aromatic carbocycles. The maximum atomic E-state index is 6.17. The van der Waals surface area contributed by atoms with Crippen LogP contribution in [-0.4, -0.2) is 0 Å². The summed E-state index contributed by atoms with van der Waals surface area (Å²) in [4.78, 5) is 3.73. The summed E-state index contributed by atoms with van der Waals surface area (Å²) in [5.74, 6) is 0.